The van der Waals surface area contributed by atoms with Gasteiger partial charge in [-0.15, -0.1) is 0 Å². The molecule has 0 unspecified atom stereocenters. The minimum Gasteiger partial charge on any atom is -0.365 e. The number of hydrogen-bond donors (Lipinski definition) is 1. The summed E-state index contributed by atoms with van der Waals surface area (Å²) in [5.74, 6) is 0.432. The Bertz CT molecular complexity index is 546. The van der Waals surface area contributed by atoms with E-state index in [0.29, 0.717) is 5.82 Å². The van der Waals surface area contributed by atoms with Gasteiger partial charge in [-0.2, -0.15) is 0 Å². The van der Waals surface area contributed by atoms with E-state index in [4.69, 9.17) is 0 Å². The normalized spacial score (nSPS) is 10.6. The quantitative estimate of drug-likeness (QED) is 0.764. The zero-order valence-corrected chi connectivity index (χ0v) is 11.1. The van der Waals surface area contributed by atoms with Gasteiger partial charge in [0.25, 0.3) is 5.56 Å². The molecule has 0 fully saturated rings. The predicted molar refractivity (Wildman–Crippen MR) is 74.1 cm³/mol. The van der Waals surface area contributed by atoms with Gasteiger partial charge < -0.3 is 14.5 Å². The van der Waals surface area contributed by atoms with Crippen molar-refractivity contribution in [2.45, 2.75) is 32.9 Å². The van der Waals surface area contributed by atoms with Crippen LogP contribution in [0.1, 0.15) is 19.8 Å². The largest absolute Gasteiger partial charge is 0.365 e. The third-order valence-corrected chi connectivity index (χ3v) is 2.82. The van der Waals surface area contributed by atoms with Crippen molar-refractivity contribution in [1.82, 2.24) is 19.1 Å². The van der Waals surface area contributed by atoms with Crippen LogP contribution in [-0.2, 0) is 13.1 Å². The van der Waals surface area contributed by atoms with E-state index >= 15 is 0 Å². The lowest BCUT2D eigenvalue weighted by Gasteiger charge is -2.08. The molecular weight excluding hydrogens is 242 g/mol. The fourth-order valence-electron chi connectivity index (χ4n) is 1.87. The van der Waals surface area contributed by atoms with Crippen LogP contribution in [0.2, 0.25) is 0 Å². The Kier molecular flexibility index (Phi) is 4.72. The summed E-state index contributed by atoms with van der Waals surface area (Å²) >= 11 is 0. The smallest absolute Gasteiger partial charge is 0.293 e. The maximum atomic E-state index is 12.0. The molecule has 2 aromatic heterocycles. The lowest BCUT2D eigenvalue weighted by Crippen LogP contribution is -2.24. The predicted octanol–water partition coefficient (Wildman–Crippen LogP) is 1.35. The average molecular weight is 261 g/mol. The Morgan fingerprint density at radius 3 is 2.89 bits per heavy atom. The van der Waals surface area contributed by atoms with Crippen molar-refractivity contribution >= 4 is 5.82 Å². The number of aromatic nitrogens is 4. The van der Waals surface area contributed by atoms with E-state index in [1.54, 1.807) is 29.5 Å². The summed E-state index contributed by atoms with van der Waals surface area (Å²) in [6, 6.07) is 0. The highest BCUT2D eigenvalue weighted by Crippen LogP contribution is 1.96. The van der Waals surface area contributed by atoms with Gasteiger partial charge in [-0.05, 0) is 12.8 Å². The maximum absolute atomic E-state index is 12.0. The molecule has 102 valence electrons. The highest BCUT2D eigenvalue weighted by Gasteiger charge is 2.03. The molecule has 0 bridgehead atoms. The molecule has 0 saturated carbocycles. The van der Waals surface area contributed by atoms with Gasteiger partial charge in [0.1, 0.15) is 0 Å². The van der Waals surface area contributed by atoms with E-state index in [9.17, 15) is 4.79 Å². The SMILES string of the molecule is CCCn1ccnc(NCCCn2ccnc2)c1=O. The minimum atomic E-state index is -0.0491. The van der Waals surface area contributed by atoms with Gasteiger partial charge in [-0.25, -0.2) is 9.97 Å². The summed E-state index contributed by atoms with van der Waals surface area (Å²) in [5, 5.41) is 3.10. The van der Waals surface area contributed by atoms with Crippen molar-refractivity contribution in [2.75, 3.05) is 11.9 Å². The first kappa shape index (κ1) is 13.3. The fourth-order valence-corrected chi connectivity index (χ4v) is 1.87. The summed E-state index contributed by atoms with van der Waals surface area (Å²) in [5.41, 5.74) is -0.0491. The van der Waals surface area contributed by atoms with Crippen LogP contribution in [0.4, 0.5) is 5.82 Å². The molecule has 0 atom stereocenters. The third kappa shape index (κ3) is 3.67. The number of hydrogen-bond acceptors (Lipinski definition) is 4. The van der Waals surface area contributed by atoms with Crippen molar-refractivity contribution < 1.29 is 0 Å². The van der Waals surface area contributed by atoms with E-state index in [1.807, 2.05) is 17.7 Å². The molecule has 0 spiro atoms. The summed E-state index contributed by atoms with van der Waals surface area (Å²) in [7, 11) is 0. The van der Waals surface area contributed by atoms with Gasteiger partial charge in [0.15, 0.2) is 5.82 Å². The molecule has 2 heterocycles. The van der Waals surface area contributed by atoms with Crippen LogP contribution in [0.25, 0.3) is 0 Å². The second kappa shape index (κ2) is 6.72. The van der Waals surface area contributed by atoms with Crippen molar-refractivity contribution in [3.05, 3.63) is 41.5 Å². The minimum absolute atomic E-state index is 0.0491. The molecule has 0 aliphatic rings. The van der Waals surface area contributed by atoms with Crippen molar-refractivity contribution in [3.8, 4) is 0 Å². The highest BCUT2D eigenvalue weighted by atomic mass is 16.1. The second-order valence-electron chi connectivity index (χ2n) is 4.36. The second-order valence-corrected chi connectivity index (χ2v) is 4.36. The Balaban J connectivity index is 1.85. The molecule has 0 saturated heterocycles. The Morgan fingerprint density at radius 2 is 2.16 bits per heavy atom. The topological polar surface area (TPSA) is 64.7 Å². The zero-order valence-electron chi connectivity index (χ0n) is 11.1. The van der Waals surface area contributed by atoms with Gasteiger partial charge >= 0.3 is 0 Å². The van der Waals surface area contributed by atoms with Gasteiger partial charge in [0, 0.05) is 44.4 Å². The first-order valence-corrected chi connectivity index (χ1v) is 6.56. The Labute approximate surface area is 112 Å². The number of imidazole rings is 1. The van der Waals surface area contributed by atoms with Crippen LogP contribution in [0.3, 0.4) is 0 Å². The summed E-state index contributed by atoms with van der Waals surface area (Å²) in [6.45, 7) is 4.37. The number of rotatable bonds is 7. The van der Waals surface area contributed by atoms with E-state index in [-0.39, 0.29) is 5.56 Å². The molecule has 6 nitrogen and oxygen atoms in total. The number of nitrogens with one attached hydrogen (secondary N) is 1. The van der Waals surface area contributed by atoms with Gasteiger partial charge in [-0.1, -0.05) is 6.92 Å². The summed E-state index contributed by atoms with van der Waals surface area (Å²) < 4.78 is 3.70. The molecule has 2 aromatic rings. The molecule has 0 aromatic carbocycles. The fraction of sp³-hybridized carbons (Fsp3) is 0.462. The van der Waals surface area contributed by atoms with E-state index in [0.717, 1.165) is 32.5 Å². The molecule has 0 amide bonds. The Hall–Kier alpha value is -2.11. The van der Waals surface area contributed by atoms with Crippen LogP contribution in [0, 0.1) is 0 Å². The van der Waals surface area contributed by atoms with Crippen molar-refractivity contribution in [1.29, 1.82) is 0 Å². The van der Waals surface area contributed by atoms with E-state index in [2.05, 4.69) is 15.3 Å². The summed E-state index contributed by atoms with van der Waals surface area (Å²) in [6.07, 6.45) is 10.7. The van der Waals surface area contributed by atoms with Gasteiger partial charge in [-0.3, -0.25) is 4.79 Å². The maximum Gasteiger partial charge on any atom is 0.293 e. The molecule has 6 heteroatoms. The van der Waals surface area contributed by atoms with Crippen LogP contribution < -0.4 is 10.9 Å². The Morgan fingerprint density at radius 1 is 1.26 bits per heavy atom. The molecule has 0 aliphatic carbocycles. The number of anilines is 1. The van der Waals surface area contributed by atoms with Crippen LogP contribution in [0.15, 0.2) is 35.9 Å². The molecule has 0 aliphatic heterocycles. The highest BCUT2D eigenvalue weighted by molar-refractivity contribution is 5.30. The first-order valence-electron chi connectivity index (χ1n) is 6.56. The standard InChI is InChI=1S/C13H19N5O/c1-2-7-18-10-6-16-12(13(18)19)15-4-3-8-17-9-5-14-11-17/h5-6,9-11H,2-4,7-8H2,1H3,(H,15,16). The number of nitrogens with zero attached hydrogens (tertiary/aromatic N) is 4. The van der Waals surface area contributed by atoms with Crippen LogP contribution in [0.5, 0.6) is 0 Å². The number of aryl methyl sites for hydroxylation is 2. The molecule has 2 rings (SSSR count). The third-order valence-electron chi connectivity index (χ3n) is 2.82. The molecular formula is C13H19N5O. The van der Waals surface area contributed by atoms with Crippen LogP contribution in [-0.4, -0.2) is 25.6 Å². The monoisotopic (exact) mass is 261 g/mol. The first-order chi connectivity index (χ1) is 9.31. The lowest BCUT2D eigenvalue weighted by molar-refractivity contribution is 0.643. The molecule has 1 N–H and O–H groups in total. The zero-order chi connectivity index (χ0) is 13.5. The van der Waals surface area contributed by atoms with E-state index < -0.39 is 0 Å². The van der Waals surface area contributed by atoms with E-state index in [1.165, 1.54) is 0 Å². The average Bonchev–Trinajstić information content (AvgIpc) is 2.92. The van der Waals surface area contributed by atoms with Crippen LogP contribution >= 0.6 is 0 Å². The molecule has 0 radical (unpaired) electrons. The van der Waals surface area contributed by atoms with Crippen molar-refractivity contribution in [3.63, 3.8) is 0 Å². The van der Waals surface area contributed by atoms with Gasteiger partial charge in [0.2, 0.25) is 0 Å². The van der Waals surface area contributed by atoms with Gasteiger partial charge in [0.05, 0.1) is 6.33 Å². The molecule has 19 heavy (non-hydrogen) atoms. The van der Waals surface area contributed by atoms with Crippen molar-refractivity contribution in [2.24, 2.45) is 0 Å². The summed E-state index contributed by atoms with van der Waals surface area (Å²) in [4.78, 5) is 20.1. The lowest BCUT2D eigenvalue weighted by atomic mass is 10.4.